The van der Waals surface area contributed by atoms with Crippen LogP contribution in [0.1, 0.15) is 101 Å². The SMILES string of the molecule is [2H]c1c([2H])c2c3c(c1[2H])N1c4c(c([2H])c([2H])c([2H])c4-n4c5c([2H])c([2H])c([2H])c([2H])c5c5c([2H])c([2H])c([2H])c1c54)B3c1c([2H])c([2H])c(N(c3c([2H])c([2H])c(C(C)(C)C)c([2H])c3[2H])c3c([2H])c([2H])c(C(C)(C)C)c([2H])c3[2H])c([2H])c1N2c1c([2H])c([2H])c(-c2c([2H])c([2H])c([2H])c3c2oc2c([2H])c([2H])c([2H])c([2H])c23)c([2H])c1[2H]. The number of nitrogens with zero attached hydrogens (tertiary/aromatic N) is 4. The van der Waals surface area contributed by atoms with Crippen molar-refractivity contribution in [1.29, 1.82) is 0 Å². The fourth-order valence-corrected chi connectivity index (χ4v) is 9.93. The van der Waals surface area contributed by atoms with Crippen LogP contribution < -0.4 is 31.1 Å². The lowest BCUT2D eigenvalue weighted by atomic mass is 9.33. The minimum absolute atomic E-state index is 0.202. The maximum absolute atomic E-state index is 11.1. The highest BCUT2D eigenvalue weighted by Gasteiger charge is 2.46. The summed E-state index contributed by atoms with van der Waals surface area (Å²) in [6.45, 7) is 7.21. The van der Waals surface area contributed by atoms with Gasteiger partial charge in [0.15, 0.2) is 0 Å². The molecule has 0 fully saturated rings. The number of hydrogen-bond donors (Lipinski definition) is 0. The molecule has 74 heavy (non-hydrogen) atoms. The van der Waals surface area contributed by atoms with Crippen LogP contribution in [0.15, 0.2) is 216 Å². The van der Waals surface area contributed by atoms with Gasteiger partial charge in [0.25, 0.3) is 6.71 Å². The summed E-state index contributed by atoms with van der Waals surface area (Å²) in [5.74, 6) is 0. The monoisotopic (exact) mass is 988 g/mol. The van der Waals surface area contributed by atoms with Crippen LogP contribution in [0.25, 0.3) is 60.6 Å². The Labute approximate surface area is 481 Å². The maximum atomic E-state index is 11.1. The van der Waals surface area contributed by atoms with Crippen molar-refractivity contribution in [2.75, 3.05) is 14.7 Å². The zero-order valence-electron chi connectivity index (χ0n) is 74.8. The van der Waals surface area contributed by atoms with Gasteiger partial charge in [0.1, 0.15) is 11.2 Å². The Kier molecular flexibility index (Phi) is 4.29. The second-order valence-electron chi connectivity index (χ2n) is 19.8. The molecule has 5 heterocycles. The molecule has 0 spiro atoms. The van der Waals surface area contributed by atoms with Gasteiger partial charge in [-0.1, -0.05) is 168 Å². The van der Waals surface area contributed by atoms with E-state index in [9.17, 15) is 37.0 Å². The van der Waals surface area contributed by atoms with E-state index in [1.54, 1.807) is 41.5 Å². The molecule has 3 aliphatic rings. The van der Waals surface area contributed by atoms with Crippen LogP contribution in [0.5, 0.6) is 0 Å². The summed E-state index contributed by atoms with van der Waals surface area (Å²) in [6.07, 6.45) is 0. The highest BCUT2D eigenvalue weighted by atomic mass is 16.3. The second kappa shape index (κ2) is 15.4. The molecule has 12 aromatic rings. The molecule has 0 radical (unpaired) electrons. The van der Waals surface area contributed by atoms with Crippen LogP contribution in [0.2, 0.25) is 0 Å². The Morgan fingerprint density at radius 3 is 1.77 bits per heavy atom. The van der Waals surface area contributed by atoms with E-state index in [-0.39, 0.29) is 11.1 Å². The van der Waals surface area contributed by atoms with Crippen LogP contribution in [0.4, 0.5) is 51.2 Å². The standard InChI is InChI=1S/C68H53BN4O/c1-67(2,3)43-29-35-45(36-30-43)70(46-37-31-44(32-38-46)68(4,5)6)48-39-40-54-61(41-48)71(47-33-27-42(28-34-47)49-17-11-19-53-51-16-8-10-26-62(51)74-66(49)53)57-22-14-23-58-63(57)69(54)55-20-13-25-60-65(55)73(58)59-24-12-18-52-50-15-7-9-21-56(50)72(60)64(52)59/h7-41H,1-6H3/i7D,8D,9D,10D,11D,12D,13D,14D,15D,16D,17D,18D,19D,20D,21D,22D,23D,24D,25D,26D,27D,28D,29D,30D,31D,32D,33D,34D,35D,36D,37D,38D,39D,40D,41D. The molecule has 0 bridgehead atoms. The topological polar surface area (TPSA) is 27.8 Å². The molecule has 6 heteroatoms. The number of para-hydroxylation sites is 5. The zero-order chi connectivity index (χ0) is 80.2. The molecule has 2 aromatic heterocycles. The Morgan fingerprint density at radius 2 is 1.04 bits per heavy atom. The van der Waals surface area contributed by atoms with Crippen molar-refractivity contribution in [1.82, 2.24) is 4.57 Å². The van der Waals surface area contributed by atoms with E-state index in [1.807, 2.05) is 0 Å². The molecular formula is C68H53BN4O. The summed E-state index contributed by atoms with van der Waals surface area (Å²) in [5.41, 5.74) is -17.2. The number of anilines is 9. The summed E-state index contributed by atoms with van der Waals surface area (Å²) >= 11 is 0. The lowest BCUT2D eigenvalue weighted by Crippen LogP contribution is -2.61. The van der Waals surface area contributed by atoms with Gasteiger partial charge in [-0.05, 0) is 129 Å². The van der Waals surface area contributed by atoms with Gasteiger partial charge in [-0.25, -0.2) is 0 Å². The minimum Gasteiger partial charge on any atom is -0.455 e. The van der Waals surface area contributed by atoms with Crippen molar-refractivity contribution in [3.8, 4) is 16.8 Å². The van der Waals surface area contributed by atoms with E-state index in [0.717, 1.165) is 9.47 Å². The largest absolute Gasteiger partial charge is 0.455 e. The molecule has 0 N–H and O–H groups in total. The molecule has 15 rings (SSSR count). The van der Waals surface area contributed by atoms with E-state index in [0.29, 0.717) is 9.80 Å². The normalized spacial score (nSPS) is 20.1. The van der Waals surface area contributed by atoms with Crippen LogP contribution in [0, 0.1) is 0 Å². The van der Waals surface area contributed by atoms with Crippen molar-refractivity contribution >= 4 is 118 Å². The lowest BCUT2D eigenvalue weighted by Gasteiger charge is -2.46. The second-order valence-corrected chi connectivity index (χ2v) is 19.8. The average molecular weight is 988 g/mol. The van der Waals surface area contributed by atoms with Gasteiger partial charge < -0.3 is 23.7 Å². The van der Waals surface area contributed by atoms with E-state index >= 15 is 0 Å². The molecule has 0 atom stereocenters. The predicted octanol–water partition coefficient (Wildman–Crippen LogP) is 16.8. The molecule has 3 aliphatic heterocycles. The van der Waals surface area contributed by atoms with E-state index < -0.39 is 357 Å². The van der Waals surface area contributed by atoms with Crippen LogP contribution >= 0.6 is 0 Å². The third-order valence-electron chi connectivity index (χ3n) is 13.4. The summed E-state index contributed by atoms with van der Waals surface area (Å²) < 4.78 is 346. The number of benzene rings is 10. The van der Waals surface area contributed by atoms with Gasteiger partial charge in [-0.15, -0.1) is 0 Å². The average Bonchev–Trinajstić information content (AvgIpc) is 1.65. The third-order valence-corrected chi connectivity index (χ3v) is 13.4. The van der Waals surface area contributed by atoms with Gasteiger partial charge in [0, 0.05) is 66.9 Å². The molecule has 354 valence electrons. The number of fused-ring (bicyclic) bond motifs is 12. The Hall–Kier alpha value is -8.74. The maximum Gasteiger partial charge on any atom is 0.252 e. The fraction of sp³-hybridized carbons (Fsp3) is 0.118. The predicted molar refractivity (Wildman–Crippen MR) is 313 cm³/mol. The van der Waals surface area contributed by atoms with Gasteiger partial charge >= 0.3 is 0 Å². The first-order valence-electron chi connectivity index (χ1n) is 40.7. The summed E-state index contributed by atoms with van der Waals surface area (Å²) in [6, 6.07) is -33.7. The van der Waals surface area contributed by atoms with Crippen LogP contribution in [0.3, 0.4) is 0 Å². The van der Waals surface area contributed by atoms with Crippen LogP contribution in [-0.2, 0) is 10.8 Å². The molecule has 0 amide bonds. The molecule has 0 aliphatic carbocycles. The third kappa shape index (κ3) is 6.12. The first kappa shape index (κ1) is 20.6. The van der Waals surface area contributed by atoms with E-state index in [1.165, 1.54) is 0 Å². The van der Waals surface area contributed by atoms with Gasteiger partial charge in [0.05, 0.1) is 76.1 Å². The van der Waals surface area contributed by atoms with E-state index in [4.69, 9.17) is 15.4 Å². The van der Waals surface area contributed by atoms with Gasteiger partial charge in [0.2, 0.25) is 0 Å². The molecule has 0 saturated carbocycles. The molecular weight excluding hydrogens is 900 g/mol. The number of aromatic nitrogens is 1. The van der Waals surface area contributed by atoms with Gasteiger partial charge in [-0.3, -0.25) is 0 Å². The molecule has 0 saturated heterocycles. The number of furan rings is 1. The summed E-state index contributed by atoms with van der Waals surface area (Å²) in [7, 11) is 0. The lowest BCUT2D eigenvalue weighted by molar-refractivity contribution is 0.590. The fourth-order valence-electron chi connectivity index (χ4n) is 9.93. The van der Waals surface area contributed by atoms with Crippen molar-refractivity contribution in [2.24, 2.45) is 0 Å². The van der Waals surface area contributed by atoms with Crippen LogP contribution in [-0.4, -0.2) is 11.3 Å². The Bertz CT molecular complexity index is 6260. The molecule has 10 aromatic carbocycles. The summed E-state index contributed by atoms with van der Waals surface area (Å²) in [5, 5.41) is -1.87. The Balaban J connectivity index is 1.19. The Morgan fingerprint density at radius 1 is 0.459 bits per heavy atom. The summed E-state index contributed by atoms with van der Waals surface area (Å²) in [4.78, 5) is 2.13. The minimum atomic E-state index is -2.20. The van der Waals surface area contributed by atoms with Gasteiger partial charge in [-0.2, -0.15) is 0 Å². The van der Waals surface area contributed by atoms with Crippen molar-refractivity contribution in [3.05, 3.63) is 223 Å². The smallest absolute Gasteiger partial charge is 0.252 e. The molecule has 0 unspecified atom stereocenters. The number of rotatable bonds is 5. The van der Waals surface area contributed by atoms with E-state index in [2.05, 4.69) is 0 Å². The number of hydrogen-bond acceptors (Lipinski definition) is 4. The first-order valence-corrected chi connectivity index (χ1v) is 23.2. The quantitative estimate of drug-likeness (QED) is 0.161. The van der Waals surface area contributed by atoms with Crippen molar-refractivity contribution < 1.29 is 52.4 Å². The van der Waals surface area contributed by atoms with Crippen molar-refractivity contribution in [2.45, 2.75) is 52.4 Å². The van der Waals surface area contributed by atoms with Crippen molar-refractivity contribution in [3.63, 3.8) is 0 Å². The molecule has 5 nitrogen and oxygen atoms in total. The zero-order valence-corrected chi connectivity index (χ0v) is 39.8. The highest BCUT2D eigenvalue weighted by molar-refractivity contribution is 7.00. The first-order chi connectivity index (χ1) is 50.6. The highest BCUT2D eigenvalue weighted by Crippen LogP contribution is 2.53.